The first-order valence-corrected chi connectivity index (χ1v) is 7.01. The van der Waals surface area contributed by atoms with Gasteiger partial charge in [0, 0.05) is 29.7 Å². The smallest absolute Gasteiger partial charge is 0.141 e. The minimum atomic E-state index is -0.370. The summed E-state index contributed by atoms with van der Waals surface area (Å²) in [6.45, 7) is 0. The molecule has 0 amide bonds. The maximum absolute atomic E-state index is 13.0. The van der Waals surface area contributed by atoms with Crippen molar-refractivity contribution in [2.75, 3.05) is 5.73 Å². The Morgan fingerprint density at radius 1 is 0.957 bits per heavy atom. The average Bonchev–Trinajstić information content (AvgIpc) is 2.99. The highest BCUT2D eigenvalue weighted by molar-refractivity contribution is 5.77. The molecule has 0 fully saturated rings. The van der Waals surface area contributed by atoms with Crippen molar-refractivity contribution in [3.63, 3.8) is 0 Å². The van der Waals surface area contributed by atoms with E-state index in [1.54, 1.807) is 18.5 Å². The van der Waals surface area contributed by atoms with Crippen molar-refractivity contribution in [3.8, 4) is 22.5 Å². The quantitative estimate of drug-likeness (QED) is 0.617. The summed E-state index contributed by atoms with van der Waals surface area (Å²) in [5, 5.41) is 0. The maximum atomic E-state index is 13.0. The molecular formula is C17H12FN5. The summed E-state index contributed by atoms with van der Waals surface area (Å²) < 4.78 is 14.9. The second kappa shape index (κ2) is 5.17. The van der Waals surface area contributed by atoms with Gasteiger partial charge in [0.1, 0.15) is 17.3 Å². The van der Waals surface area contributed by atoms with E-state index < -0.39 is 0 Å². The normalized spacial score (nSPS) is 11.0. The number of rotatable bonds is 2. The van der Waals surface area contributed by atoms with Gasteiger partial charge in [0.05, 0.1) is 23.6 Å². The minimum absolute atomic E-state index is 0.370. The second-order valence-electron chi connectivity index (χ2n) is 5.13. The number of hydrogen-bond donors (Lipinski definition) is 1. The topological polar surface area (TPSA) is 69.1 Å². The molecule has 5 nitrogen and oxygen atoms in total. The summed E-state index contributed by atoms with van der Waals surface area (Å²) in [5.74, 6) is 0.113. The second-order valence-corrected chi connectivity index (χ2v) is 5.13. The van der Waals surface area contributed by atoms with E-state index in [9.17, 15) is 4.39 Å². The molecule has 4 heterocycles. The predicted molar refractivity (Wildman–Crippen MR) is 86.0 cm³/mol. The number of halogens is 1. The van der Waals surface area contributed by atoms with Crippen LogP contribution in [0.4, 0.5) is 10.2 Å². The lowest BCUT2D eigenvalue weighted by atomic mass is 10.1. The van der Waals surface area contributed by atoms with E-state index in [0.29, 0.717) is 17.2 Å². The molecule has 0 saturated heterocycles. The highest BCUT2D eigenvalue weighted by Crippen LogP contribution is 2.27. The van der Waals surface area contributed by atoms with Crippen molar-refractivity contribution >= 4 is 11.3 Å². The van der Waals surface area contributed by atoms with Crippen LogP contribution in [0, 0.1) is 5.82 Å². The molecule has 0 atom stereocenters. The molecule has 4 rings (SSSR count). The first kappa shape index (κ1) is 13.4. The Hall–Kier alpha value is -3.28. The van der Waals surface area contributed by atoms with Crippen molar-refractivity contribution < 1.29 is 4.39 Å². The van der Waals surface area contributed by atoms with Crippen LogP contribution < -0.4 is 5.73 Å². The van der Waals surface area contributed by atoms with E-state index >= 15 is 0 Å². The number of fused-ring (bicyclic) bond motifs is 1. The summed E-state index contributed by atoms with van der Waals surface area (Å²) >= 11 is 0. The van der Waals surface area contributed by atoms with Gasteiger partial charge in [0.15, 0.2) is 0 Å². The molecule has 0 bridgehead atoms. The maximum Gasteiger partial charge on any atom is 0.141 e. The first-order chi connectivity index (χ1) is 11.2. The van der Waals surface area contributed by atoms with Crippen molar-refractivity contribution in [1.82, 2.24) is 19.4 Å². The molecule has 0 aromatic carbocycles. The Labute approximate surface area is 131 Å². The fourth-order valence-corrected chi connectivity index (χ4v) is 2.48. The zero-order chi connectivity index (χ0) is 15.8. The van der Waals surface area contributed by atoms with Gasteiger partial charge in [-0.3, -0.25) is 9.97 Å². The van der Waals surface area contributed by atoms with E-state index in [0.717, 1.165) is 16.6 Å². The van der Waals surface area contributed by atoms with Crippen LogP contribution >= 0.6 is 0 Å². The molecule has 0 unspecified atom stereocenters. The van der Waals surface area contributed by atoms with Crippen LogP contribution in [0.1, 0.15) is 0 Å². The monoisotopic (exact) mass is 305 g/mol. The van der Waals surface area contributed by atoms with Crippen molar-refractivity contribution in [2.45, 2.75) is 0 Å². The Kier molecular flexibility index (Phi) is 3.01. The number of nitrogens with two attached hydrogens (primary N) is 1. The van der Waals surface area contributed by atoms with Gasteiger partial charge in [0.25, 0.3) is 0 Å². The average molecular weight is 305 g/mol. The Bertz CT molecular complexity index is 991. The molecular weight excluding hydrogens is 293 g/mol. The van der Waals surface area contributed by atoms with Gasteiger partial charge < -0.3 is 10.1 Å². The molecule has 112 valence electrons. The van der Waals surface area contributed by atoms with Gasteiger partial charge in [-0.05, 0) is 30.3 Å². The standard InChI is InChI=1S/C17H12FN5/c18-12-3-4-15(21-7-12)16-10-23-9-11(6-13(23)8-22-16)14-2-1-5-20-17(14)19/h1-10H,(H2,19,20). The summed E-state index contributed by atoms with van der Waals surface area (Å²) in [4.78, 5) is 12.5. The van der Waals surface area contributed by atoms with E-state index in [4.69, 9.17) is 5.73 Å². The third kappa shape index (κ3) is 2.40. The number of hydrogen-bond acceptors (Lipinski definition) is 4. The zero-order valence-corrected chi connectivity index (χ0v) is 12.0. The van der Waals surface area contributed by atoms with Gasteiger partial charge in [-0.1, -0.05) is 0 Å². The van der Waals surface area contributed by atoms with Crippen LogP contribution in [0.25, 0.3) is 28.0 Å². The summed E-state index contributed by atoms with van der Waals surface area (Å²) in [5.41, 5.74) is 9.97. The van der Waals surface area contributed by atoms with Crippen molar-refractivity contribution in [1.29, 1.82) is 0 Å². The number of anilines is 1. The minimum Gasteiger partial charge on any atom is -0.383 e. The number of nitrogens with zero attached hydrogens (tertiary/aromatic N) is 4. The number of nitrogen functional groups attached to an aromatic ring is 1. The third-order valence-electron chi connectivity index (χ3n) is 3.62. The van der Waals surface area contributed by atoms with Gasteiger partial charge >= 0.3 is 0 Å². The van der Waals surface area contributed by atoms with E-state index in [-0.39, 0.29) is 5.82 Å². The highest BCUT2D eigenvalue weighted by Gasteiger charge is 2.08. The first-order valence-electron chi connectivity index (χ1n) is 7.01. The van der Waals surface area contributed by atoms with Crippen LogP contribution in [0.5, 0.6) is 0 Å². The van der Waals surface area contributed by atoms with E-state index in [2.05, 4.69) is 15.0 Å². The molecule has 0 saturated carbocycles. The molecule has 23 heavy (non-hydrogen) atoms. The predicted octanol–water partition coefficient (Wildman–Crippen LogP) is 3.18. The number of aromatic nitrogens is 4. The molecule has 0 aliphatic rings. The van der Waals surface area contributed by atoms with Crippen molar-refractivity contribution in [2.24, 2.45) is 0 Å². The van der Waals surface area contributed by atoms with E-state index in [1.807, 2.05) is 35.0 Å². The lowest BCUT2D eigenvalue weighted by Crippen LogP contribution is -1.92. The van der Waals surface area contributed by atoms with Crippen LogP contribution in [-0.4, -0.2) is 19.4 Å². The largest absolute Gasteiger partial charge is 0.383 e. The lowest BCUT2D eigenvalue weighted by Gasteiger charge is -2.01. The van der Waals surface area contributed by atoms with Gasteiger partial charge in [-0.25, -0.2) is 9.37 Å². The lowest BCUT2D eigenvalue weighted by molar-refractivity contribution is 0.622. The summed E-state index contributed by atoms with van der Waals surface area (Å²) in [6, 6.07) is 8.73. The molecule has 0 spiro atoms. The number of pyridine rings is 2. The zero-order valence-electron chi connectivity index (χ0n) is 12.0. The summed E-state index contributed by atoms with van der Waals surface area (Å²) in [6.07, 6.45) is 8.40. The molecule has 0 aliphatic heterocycles. The van der Waals surface area contributed by atoms with Gasteiger partial charge in [-0.15, -0.1) is 0 Å². The highest BCUT2D eigenvalue weighted by atomic mass is 19.1. The van der Waals surface area contributed by atoms with E-state index in [1.165, 1.54) is 12.3 Å². The van der Waals surface area contributed by atoms with Crippen molar-refractivity contribution in [3.05, 3.63) is 67.1 Å². The molecule has 2 N–H and O–H groups in total. The summed E-state index contributed by atoms with van der Waals surface area (Å²) in [7, 11) is 0. The molecule has 4 aromatic rings. The Morgan fingerprint density at radius 3 is 2.61 bits per heavy atom. The van der Waals surface area contributed by atoms with Gasteiger partial charge in [-0.2, -0.15) is 0 Å². The molecule has 0 aliphatic carbocycles. The molecule has 4 aromatic heterocycles. The Balaban J connectivity index is 1.81. The fraction of sp³-hybridized carbons (Fsp3) is 0. The Morgan fingerprint density at radius 2 is 1.83 bits per heavy atom. The van der Waals surface area contributed by atoms with Crippen LogP contribution in [0.3, 0.4) is 0 Å². The third-order valence-corrected chi connectivity index (χ3v) is 3.62. The molecule has 6 heteroatoms. The van der Waals surface area contributed by atoms with Crippen LogP contribution in [0.2, 0.25) is 0 Å². The van der Waals surface area contributed by atoms with Gasteiger partial charge in [0.2, 0.25) is 0 Å². The van der Waals surface area contributed by atoms with Crippen LogP contribution in [-0.2, 0) is 0 Å². The fourth-order valence-electron chi connectivity index (χ4n) is 2.48. The van der Waals surface area contributed by atoms with Crippen LogP contribution in [0.15, 0.2) is 61.3 Å². The SMILES string of the molecule is Nc1ncccc1-c1cc2cnc(-c3ccc(F)cn3)cn2c1. The molecule has 0 radical (unpaired) electrons.